The summed E-state index contributed by atoms with van der Waals surface area (Å²) in [6, 6.07) is 17.5. The van der Waals surface area contributed by atoms with Gasteiger partial charge in [0.05, 0.1) is 18.5 Å². The molecule has 3 aromatic rings. The molecule has 6 nitrogen and oxygen atoms in total. The lowest BCUT2D eigenvalue weighted by Gasteiger charge is -2.27. The second-order valence-electron chi connectivity index (χ2n) is 7.02. The van der Waals surface area contributed by atoms with Crippen molar-refractivity contribution in [2.45, 2.75) is 12.1 Å². The van der Waals surface area contributed by atoms with Crippen LogP contribution in [0.25, 0.3) is 0 Å². The minimum Gasteiger partial charge on any atom is -0.497 e. The van der Waals surface area contributed by atoms with Gasteiger partial charge in [0.15, 0.2) is 6.10 Å². The smallest absolute Gasteiger partial charge is 0.266 e. The van der Waals surface area contributed by atoms with E-state index in [4.69, 9.17) is 21.2 Å². The second kappa shape index (κ2) is 7.43. The number of carbonyl (C=O) groups excluding carboxylic acids is 2. The number of amides is 2. The van der Waals surface area contributed by atoms with Crippen molar-refractivity contribution in [2.24, 2.45) is 5.92 Å². The summed E-state index contributed by atoms with van der Waals surface area (Å²) in [6.45, 7) is 0. The van der Waals surface area contributed by atoms with E-state index in [1.165, 1.54) is 16.2 Å². The zero-order chi connectivity index (χ0) is 20.8. The number of thiophene rings is 1. The van der Waals surface area contributed by atoms with Crippen LogP contribution in [0, 0.1) is 5.92 Å². The number of hydroxylamine groups is 1. The van der Waals surface area contributed by atoms with Gasteiger partial charge in [0.2, 0.25) is 5.91 Å². The molecule has 2 aliphatic heterocycles. The molecular weight excluding hydrogens is 424 g/mol. The molecule has 0 aliphatic carbocycles. The van der Waals surface area contributed by atoms with Crippen LogP contribution in [0.2, 0.25) is 5.02 Å². The Morgan fingerprint density at radius 2 is 1.67 bits per heavy atom. The number of imide groups is 1. The zero-order valence-corrected chi connectivity index (χ0v) is 17.5. The molecule has 0 spiro atoms. The lowest BCUT2D eigenvalue weighted by atomic mass is 9.95. The average molecular weight is 441 g/mol. The lowest BCUT2D eigenvalue weighted by molar-refractivity contribution is -0.126. The van der Waals surface area contributed by atoms with Gasteiger partial charge in [0, 0.05) is 9.90 Å². The van der Waals surface area contributed by atoms with Gasteiger partial charge in [-0.2, -0.15) is 0 Å². The van der Waals surface area contributed by atoms with Crippen LogP contribution in [0.3, 0.4) is 0 Å². The fourth-order valence-corrected chi connectivity index (χ4v) is 4.94. The number of nitrogens with zero attached hydrogens (tertiary/aromatic N) is 2. The number of anilines is 2. The molecule has 0 radical (unpaired) electrons. The molecule has 2 aromatic carbocycles. The maximum atomic E-state index is 13.4. The van der Waals surface area contributed by atoms with Crippen LogP contribution in [0.5, 0.6) is 5.75 Å². The Hall–Kier alpha value is -2.87. The predicted octanol–water partition coefficient (Wildman–Crippen LogP) is 4.46. The summed E-state index contributed by atoms with van der Waals surface area (Å²) in [5.41, 5.74) is 1.25. The Labute approximate surface area is 182 Å². The van der Waals surface area contributed by atoms with Gasteiger partial charge in [-0.15, -0.1) is 11.3 Å². The first-order valence-electron chi connectivity index (χ1n) is 9.35. The van der Waals surface area contributed by atoms with E-state index in [-0.39, 0.29) is 11.8 Å². The first-order chi connectivity index (χ1) is 14.6. The van der Waals surface area contributed by atoms with Gasteiger partial charge < -0.3 is 4.74 Å². The van der Waals surface area contributed by atoms with Crippen LogP contribution in [-0.2, 0) is 14.4 Å². The van der Waals surface area contributed by atoms with Crippen molar-refractivity contribution in [2.75, 3.05) is 17.1 Å². The molecule has 152 valence electrons. The molecule has 3 atom stereocenters. The molecular formula is C22H17ClN2O4S. The van der Waals surface area contributed by atoms with E-state index < -0.39 is 18.1 Å². The Bertz CT molecular complexity index is 1090. The highest BCUT2D eigenvalue weighted by Crippen LogP contribution is 2.48. The van der Waals surface area contributed by atoms with E-state index >= 15 is 0 Å². The summed E-state index contributed by atoms with van der Waals surface area (Å²) >= 11 is 7.55. The highest BCUT2D eigenvalue weighted by Gasteiger charge is 2.60. The van der Waals surface area contributed by atoms with Crippen LogP contribution >= 0.6 is 22.9 Å². The number of hydrogen-bond acceptors (Lipinski definition) is 6. The molecule has 0 unspecified atom stereocenters. The number of hydrogen-bond donors (Lipinski definition) is 0. The standard InChI is InChI=1S/C22H17ClN2O4S/c1-28-16-10-8-14(9-11-16)24-21(26)18-19(17-3-2-12-30-17)25(29-20(18)22(24)27)15-6-4-13(23)5-7-15/h2-12,18-20H,1H3/t18-,19-,20-/m1/s1. The van der Waals surface area contributed by atoms with Crippen LogP contribution in [0.1, 0.15) is 10.9 Å². The quantitative estimate of drug-likeness (QED) is 0.560. The fourth-order valence-electron chi connectivity index (χ4n) is 3.96. The van der Waals surface area contributed by atoms with Crippen molar-refractivity contribution < 1.29 is 19.2 Å². The predicted molar refractivity (Wildman–Crippen MR) is 115 cm³/mol. The van der Waals surface area contributed by atoms with E-state index in [1.54, 1.807) is 48.6 Å². The number of fused-ring (bicyclic) bond motifs is 1. The van der Waals surface area contributed by atoms with Gasteiger partial charge in [0.1, 0.15) is 17.7 Å². The average Bonchev–Trinajstić information content (AvgIpc) is 3.47. The summed E-state index contributed by atoms with van der Waals surface area (Å²) in [5, 5.41) is 4.22. The maximum absolute atomic E-state index is 13.4. The highest BCUT2D eigenvalue weighted by atomic mass is 35.5. The van der Waals surface area contributed by atoms with Gasteiger partial charge in [-0.3, -0.25) is 14.4 Å². The largest absolute Gasteiger partial charge is 0.497 e. The molecule has 1 aromatic heterocycles. The molecule has 3 heterocycles. The normalized spacial score (nSPS) is 23.2. The van der Waals surface area contributed by atoms with Crippen LogP contribution in [-0.4, -0.2) is 25.0 Å². The van der Waals surface area contributed by atoms with E-state index in [2.05, 4.69) is 0 Å². The molecule has 0 bridgehead atoms. The Kier molecular flexibility index (Phi) is 4.73. The Morgan fingerprint density at radius 3 is 2.30 bits per heavy atom. The van der Waals surface area contributed by atoms with Crippen LogP contribution in [0.4, 0.5) is 11.4 Å². The van der Waals surface area contributed by atoms with Gasteiger partial charge in [-0.25, -0.2) is 9.96 Å². The molecule has 0 N–H and O–H groups in total. The molecule has 30 heavy (non-hydrogen) atoms. The minimum atomic E-state index is -0.887. The first-order valence-corrected chi connectivity index (χ1v) is 10.6. The fraction of sp³-hybridized carbons (Fsp3) is 0.182. The van der Waals surface area contributed by atoms with Crippen molar-refractivity contribution in [1.82, 2.24) is 0 Å². The van der Waals surface area contributed by atoms with Crippen molar-refractivity contribution >= 4 is 46.1 Å². The molecule has 2 saturated heterocycles. The molecule has 2 aliphatic rings. The van der Waals surface area contributed by atoms with Crippen molar-refractivity contribution in [3.05, 3.63) is 75.9 Å². The third-order valence-electron chi connectivity index (χ3n) is 5.36. The van der Waals surface area contributed by atoms with Crippen LogP contribution < -0.4 is 14.7 Å². The van der Waals surface area contributed by atoms with E-state index in [0.29, 0.717) is 16.5 Å². The molecule has 0 saturated carbocycles. The topological polar surface area (TPSA) is 59.1 Å². The number of ether oxygens (including phenoxy) is 1. The van der Waals surface area contributed by atoms with Crippen molar-refractivity contribution in [3.8, 4) is 5.75 Å². The molecule has 8 heteroatoms. The van der Waals surface area contributed by atoms with Crippen molar-refractivity contribution in [3.63, 3.8) is 0 Å². The monoisotopic (exact) mass is 440 g/mol. The highest BCUT2D eigenvalue weighted by molar-refractivity contribution is 7.10. The van der Waals surface area contributed by atoms with E-state index in [1.807, 2.05) is 29.6 Å². The molecule has 2 fully saturated rings. The third-order valence-corrected chi connectivity index (χ3v) is 6.56. The number of halogens is 1. The summed E-state index contributed by atoms with van der Waals surface area (Å²) in [5.74, 6) is -0.633. The maximum Gasteiger partial charge on any atom is 0.266 e. The number of rotatable bonds is 4. The first kappa shape index (κ1) is 19.1. The summed E-state index contributed by atoms with van der Waals surface area (Å²) in [7, 11) is 1.57. The minimum absolute atomic E-state index is 0.273. The van der Waals surface area contributed by atoms with Gasteiger partial charge in [-0.1, -0.05) is 17.7 Å². The van der Waals surface area contributed by atoms with Gasteiger partial charge in [-0.05, 0) is 60.0 Å². The van der Waals surface area contributed by atoms with E-state index in [9.17, 15) is 9.59 Å². The van der Waals surface area contributed by atoms with Gasteiger partial charge in [0.25, 0.3) is 5.91 Å². The Morgan fingerprint density at radius 1 is 0.967 bits per heavy atom. The van der Waals surface area contributed by atoms with E-state index in [0.717, 1.165) is 10.6 Å². The number of carbonyl (C=O) groups is 2. The number of methoxy groups -OCH3 is 1. The molecule has 2 amide bonds. The summed E-state index contributed by atoms with van der Waals surface area (Å²) in [4.78, 5) is 34.9. The summed E-state index contributed by atoms with van der Waals surface area (Å²) in [6.07, 6.45) is -0.887. The summed E-state index contributed by atoms with van der Waals surface area (Å²) < 4.78 is 5.17. The zero-order valence-electron chi connectivity index (χ0n) is 15.9. The molecule has 5 rings (SSSR count). The van der Waals surface area contributed by atoms with Crippen molar-refractivity contribution in [1.29, 1.82) is 0 Å². The number of benzene rings is 2. The Balaban J connectivity index is 1.53. The second-order valence-corrected chi connectivity index (χ2v) is 8.44. The lowest BCUT2D eigenvalue weighted by Crippen LogP contribution is -2.37. The van der Waals surface area contributed by atoms with Crippen LogP contribution in [0.15, 0.2) is 66.0 Å². The SMILES string of the molecule is COc1ccc(N2C(=O)[C@@H]3[C@@H](c4cccs4)N(c4ccc(Cl)cc4)O[C@H]3C2=O)cc1. The third kappa shape index (κ3) is 2.98. The van der Waals surface area contributed by atoms with Gasteiger partial charge >= 0.3 is 0 Å².